The van der Waals surface area contributed by atoms with E-state index in [1.165, 1.54) is 16.4 Å². The minimum Gasteiger partial charge on any atom is -0.492 e. The van der Waals surface area contributed by atoms with Gasteiger partial charge in [0, 0.05) is 19.5 Å². The van der Waals surface area contributed by atoms with Gasteiger partial charge in [-0.05, 0) is 30.7 Å². The van der Waals surface area contributed by atoms with Crippen LogP contribution < -0.4 is 10.1 Å². The minimum absolute atomic E-state index is 0.0757. The number of benzene rings is 2. The fourth-order valence-electron chi connectivity index (χ4n) is 3.52. The van der Waals surface area contributed by atoms with Gasteiger partial charge in [-0.15, -0.1) is 0 Å². The number of anilines is 1. The number of hydrogen-bond donors (Lipinski definition) is 1. The van der Waals surface area contributed by atoms with Crippen LogP contribution in [0, 0.1) is 0 Å². The third-order valence-electron chi connectivity index (χ3n) is 5.18. The Balaban J connectivity index is 1.52. The molecule has 2 aliphatic heterocycles. The Morgan fingerprint density at radius 3 is 2.66 bits per heavy atom. The Morgan fingerprint density at radius 2 is 1.94 bits per heavy atom. The van der Waals surface area contributed by atoms with E-state index in [1.54, 1.807) is 6.07 Å². The third kappa shape index (κ3) is 4.77. The van der Waals surface area contributed by atoms with Crippen molar-refractivity contribution >= 4 is 27.3 Å². The number of carbonyl (C=O) groups is 1. The highest BCUT2D eigenvalue weighted by Gasteiger charge is 2.31. The van der Waals surface area contributed by atoms with E-state index < -0.39 is 22.0 Å². The van der Waals surface area contributed by atoms with Gasteiger partial charge in [0.1, 0.15) is 5.75 Å². The van der Waals surface area contributed by atoms with E-state index in [0.717, 1.165) is 5.56 Å². The van der Waals surface area contributed by atoms with Crippen LogP contribution in [0.5, 0.6) is 5.75 Å². The number of nitrogens with zero attached hydrogens (tertiary/aromatic N) is 2. The largest absolute Gasteiger partial charge is 0.492 e. The topological polar surface area (TPSA) is 107 Å². The van der Waals surface area contributed by atoms with Crippen LogP contribution >= 0.6 is 0 Å². The zero-order valence-corrected chi connectivity index (χ0v) is 18.5. The molecule has 170 valence electrons. The fourth-order valence-corrected chi connectivity index (χ4v) is 4.95. The first-order chi connectivity index (χ1) is 15.5. The molecular formula is C22H25N3O6S. The highest BCUT2D eigenvalue weighted by Crippen LogP contribution is 2.30. The number of nitrogens with one attached hydrogen (secondary N) is 1. The minimum atomic E-state index is -3.72. The first kappa shape index (κ1) is 22.3. The van der Waals surface area contributed by atoms with Crippen LogP contribution in [-0.4, -0.2) is 63.4 Å². The van der Waals surface area contributed by atoms with Gasteiger partial charge in [-0.2, -0.15) is 4.31 Å². The summed E-state index contributed by atoms with van der Waals surface area (Å²) in [6.45, 7) is 3.44. The molecule has 1 saturated heterocycles. The van der Waals surface area contributed by atoms with Crippen molar-refractivity contribution in [3.63, 3.8) is 0 Å². The van der Waals surface area contributed by atoms with Gasteiger partial charge in [0.2, 0.25) is 16.1 Å². The number of morpholine rings is 1. The Kier molecular flexibility index (Phi) is 6.73. The molecule has 1 atom stereocenters. The molecule has 1 unspecified atom stereocenters. The predicted molar refractivity (Wildman–Crippen MR) is 118 cm³/mol. The van der Waals surface area contributed by atoms with Crippen LogP contribution in [0.3, 0.4) is 0 Å². The van der Waals surface area contributed by atoms with Crippen LogP contribution in [0.15, 0.2) is 58.6 Å². The highest BCUT2D eigenvalue weighted by atomic mass is 32.2. The van der Waals surface area contributed by atoms with Gasteiger partial charge in [-0.3, -0.25) is 4.79 Å². The van der Waals surface area contributed by atoms with Crippen molar-refractivity contribution in [1.29, 1.82) is 0 Å². The van der Waals surface area contributed by atoms with Crippen LogP contribution in [0.25, 0.3) is 0 Å². The van der Waals surface area contributed by atoms with Crippen molar-refractivity contribution < 1.29 is 27.5 Å². The smallest absolute Gasteiger partial charge is 0.268 e. The first-order valence-electron chi connectivity index (χ1n) is 10.4. The summed E-state index contributed by atoms with van der Waals surface area (Å²) in [5, 5.41) is 6.79. The Labute approximate surface area is 187 Å². The molecule has 1 N–H and O–H groups in total. The molecule has 0 aromatic heterocycles. The number of hydrogen-bond acceptors (Lipinski definition) is 7. The van der Waals surface area contributed by atoms with Gasteiger partial charge in [0.15, 0.2) is 0 Å². The molecule has 9 nitrogen and oxygen atoms in total. The van der Waals surface area contributed by atoms with Crippen molar-refractivity contribution in [3.05, 3.63) is 54.1 Å². The molecule has 0 aliphatic carbocycles. The average molecular weight is 460 g/mol. The van der Waals surface area contributed by atoms with Crippen molar-refractivity contribution in [1.82, 2.24) is 4.31 Å². The molecule has 2 aromatic carbocycles. The zero-order chi connectivity index (χ0) is 22.6. The normalized spacial score (nSPS) is 19.2. The quantitative estimate of drug-likeness (QED) is 0.681. The summed E-state index contributed by atoms with van der Waals surface area (Å²) >= 11 is 0. The molecule has 4 rings (SSSR count). The van der Waals surface area contributed by atoms with Crippen molar-refractivity contribution in [3.8, 4) is 5.75 Å². The lowest BCUT2D eigenvalue weighted by molar-refractivity contribution is -0.125. The van der Waals surface area contributed by atoms with Gasteiger partial charge in [0.25, 0.3) is 5.91 Å². The summed E-state index contributed by atoms with van der Waals surface area (Å²) in [6, 6.07) is 13.9. The van der Waals surface area contributed by atoms with Gasteiger partial charge < -0.3 is 19.6 Å². The van der Waals surface area contributed by atoms with E-state index >= 15 is 0 Å². The lowest BCUT2D eigenvalue weighted by Gasteiger charge is -2.26. The monoisotopic (exact) mass is 459 g/mol. The molecular weight excluding hydrogens is 434 g/mol. The van der Waals surface area contributed by atoms with E-state index in [-0.39, 0.29) is 23.7 Å². The second-order valence-electron chi connectivity index (χ2n) is 7.30. The molecule has 0 radical (unpaired) electrons. The molecule has 2 heterocycles. The van der Waals surface area contributed by atoms with Crippen LogP contribution in [0.1, 0.15) is 18.9 Å². The standard InChI is InChI=1S/C22H25N3O6S/c1-2-30-20-9-8-17(32(27,28)25-10-12-29-13-11-25)14-19(20)23-22(26)21-15-18(24-31-21)16-6-4-3-5-7-16/h3-9,14,21H,2,10-13,15H2,1H3,(H,23,26). The Hall–Kier alpha value is -2.95. The number of sulfonamides is 1. The number of oxime groups is 1. The van der Waals surface area contributed by atoms with E-state index in [4.69, 9.17) is 14.3 Å². The van der Waals surface area contributed by atoms with Gasteiger partial charge in [0.05, 0.1) is 36.1 Å². The van der Waals surface area contributed by atoms with Crippen LogP contribution in [0.4, 0.5) is 5.69 Å². The number of amides is 1. The summed E-state index contributed by atoms with van der Waals surface area (Å²) in [7, 11) is -3.72. The average Bonchev–Trinajstić information content (AvgIpc) is 3.32. The third-order valence-corrected chi connectivity index (χ3v) is 7.08. The van der Waals surface area contributed by atoms with Gasteiger partial charge in [-0.25, -0.2) is 8.42 Å². The van der Waals surface area contributed by atoms with Gasteiger partial charge >= 0.3 is 0 Å². The van der Waals surface area contributed by atoms with E-state index in [0.29, 0.717) is 37.7 Å². The first-order valence-corrected chi connectivity index (χ1v) is 11.9. The maximum atomic E-state index is 13.0. The zero-order valence-electron chi connectivity index (χ0n) is 17.7. The summed E-state index contributed by atoms with van der Waals surface area (Å²) in [4.78, 5) is 18.3. The number of carbonyl (C=O) groups excluding carboxylic acids is 1. The maximum Gasteiger partial charge on any atom is 0.268 e. The molecule has 0 saturated carbocycles. The summed E-state index contributed by atoms with van der Waals surface area (Å²) in [5.74, 6) is -0.0504. The molecule has 0 spiro atoms. The summed E-state index contributed by atoms with van der Waals surface area (Å²) in [5.41, 5.74) is 1.83. The lowest BCUT2D eigenvalue weighted by atomic mass is 10.0. The Bertz CT molecular complexity index is 1100. The number of ether oxygens (including phenoxy) is 2. The van der Waals surface area contributed by atoms with Gasteiger partial charge in [-0.1, -0.05) is 35.5 Å². The van der Waals surface area contributed by atoms with Crippen molar-refractivity contribution in [2.75, 3.05) is 38.2 Å². The molecule has 1 amide bonds. The van der Waals surface area contributed by atoms with Crippen LogP contribution in [-0.2, 0) is 24.4 Å². The highest BCUT2D eigenvalue weighted by molar-refractivity contribution is 7.89. The van der Waals surface area contributed by atoms with Crippen LogP contribution in [0.2, 0.25) is 0 Å². The molecule has 1 fully saturated rings. The molecule has 2 aliphatic rings. The summed E-state index contributed by atoms with van der Waals surface area (Å²) < 4.78 is 38.3. The van der Waals surface area contributed by atoms with Crippen molar-refractivity contribution in [2.24, 2.45) is 5.16 Å². The van der Waals surface area contributed by atoms with Crippen molar-refractivity contribution in [2.45, 2.75) is 24.3 Å². The lowest BCUT2D eigenvalue weighted by Crippen LogP contribution is -2.40. The van der Waals surface area contributed by atoms with E-state index in [9.17, 15) is 13.2 Å². The SMILES string of the molecule is CCOc1ccc(S(=O)(=O)N2CCOCC2)cc1NC(=O)C1CC(c2ccccc2)=NO1. The number of rotatable bonds is 7. The van der Waals surface area contributed by atoms with E-state index in [1.807, 2.05) is 37.3 Å². The second kappa shape index (κ2) is 9.68. The fraction of sp³-hybridized carbons (Fsp3) is 0.364. The maximum absolute atomic E-state index is 13.0. The predicted octanol–water partition coefficient (Wildman–Crippen LogP) is 2.24. The second-order valence-corrected chi connectivity index (χ2v) is 9.24. The molecule has 10 heteroatoms. The molecule has 32 heavy (non-hydrogen) atoms. The summed E-state index contributed by atoms with van der Waals surface area (Å²) in [6.07, 6.45) is -0.509. The Morgan fingerprint density at radius 1 is 1.19 bits per heavy atom. The molecule has 0 bridgehead atoms. The van der Waals surface area contributed by atoms with E-state index in [2.05, 4.69) is 10.5 Å². The molecule has 2 aromatic rings.